The van der Waals surface area contributed by atoms with E-state index >= 15 is 0 Å². The molecule has 178 valence electrons. The van der Waals surface area contributed by atoms with Crippen LogP contribution in [0.25, 0.3) is 0 Å². The first kappa shape index (κ1) is 24.3. The Morgan fingerprint density at radius 1 is 1.00 bits per heavy atom. The number of aryl methyl sites for hydroxylation is 2. The highest BCUT2D eigenvalue weighted by atomic mass is 16.2. The molecule has 0 atom stereocenters. The molecule has 1 saturated heterocycles. The number of nitrogen functional groups attached to an aromatic ring is 1. The molecule has 3 heterocycles. The number of urea groups is 1. The Hall–Kier alpha value is -3.30. The summed E-state index contributed by atoms with van der Waals surface area (Å²) in [6.45, 7) is 2.49. The van der Waals surface area contributed by atoms with Crippen molar-refractivity contribution in [3.05, 3.63) is 35.8 Å². The van der Waals surface area contributed by atoms with Crippen LogP contribution < -0.4 is 16.4 Å². The van der Waals surface area contributed by atoms with E-state index in [9.17, 15) is 14.4 Å². The summed E-state index contributed by atoms with van der Waals surface area (Å²) >= 11 is 0. The molecule has 0 bridgehead atoms. The highest BCUT2D eigenvalue weighted by Crippen LogP contribution is 2.29. The topological polar surface area (TPSA) is 145 Å². The molecule has 2 aromatic rings. The van der Waals surface area contributed by atoms with Gasteiger partial charge in [0.2, 0.25) is 11.8 Å². The smallest absolute Gasteiger partial charge is 0.328 e. The van der Waals surface area contributed by atoms with Crippen molar-refractivity contribution in [2.75, 3.05) is 5.73 Å². The number of unbranched alkanes of at least 4 members (excludes halogenated alkanes) is 6. The summed E-state index contributed by atoms with van der Waals surface area (Å²) in [6.07, 6.45) is 13.0. The molecule has 0 aliphatic carbocycles. The Balaban J connectivity index is 1.31. The number of carbonyl (C=O) groups is 3. The number of aromatic nitrogens is 4. The molecule has 10 nitrogen and oxygen atoms in total. The molecule has 0 radical (unpaired) electrons. The monoisotopic (exact) mass is 455 g/mol. The number of imide groups is 2. The maximum atomic E-state index is 12.3. The van der Waals surface area contributed by atoms with Crippen molar-refractivity contribution in [1.29, 1.82) is 0 Å². The number of anilines is 1. The third-order valence-electron chi connectivity index (χ3n) is 6.19. The molecular weight excluding hydrogens is 422 g/mol. The van der Waals surface area contributed by atoms with E-state index in [0.717, 1.165) is 32.2 Å². The molecule has 4 amide bonds. The van der Waals surface area contributed by atoms with Crippen molar-refractivity contribution in [2.24, 2.45) is 5.41 Å². The van der Waals surface area contributed by atoms with Gasteiger partial charge in [-0.1, -0.05) is 44.2 Å². The van der Waals surface area contributed by atoms with Gasteiger partial charge >= 0.3 is 6.03 Å². The van der Waals surface area contributed by atoms with Gasteiger partial charge in [0.25, 0.3) is 0 Å². The molecule has 33 heavy (non-hydrogen) atoms. The minimum absolute atomic E-state index is 0.112. The van der Waals surface area contributed by atoms with Crippen molar-refractivity contribution in [3.63, 3.8) is 0 Å². The van der Waals surface area contributed by atoms with Crippen LogP contribution in [0, 0.1) is 5.41 Å². The first-order valence-electron chi connectivity index (χ1n) is 11.7. The van der Waals surface area contributed by atoms with Crippen molar-refractivity contribution in [2.45, 2.75) is 77.7 Å². The van der Waals surface area contributed by atoms with E-state index in [0.29, 0.717) is 11.5 Å². The van der Waals surface area contributed by atoms with Crippen LogP contribution in [0.1, 0.15) is 69.5 Å². The Kier molecular flexibility index (Phi) is 8.51. The van der Waals surface area contributed by atoms with Crippen LogP contribution in [-0.4, -0.2) is 37.8 Å². The van der Waals surface area contributed by atoms with Crippen LogP contribution in [0.15, 0.2) is 24.5 Å². The molecular formula is C23H33N7O3. The normalized spacial score (nSPS) is 15.4. The fraction of sp³-hybridized carbons (Fsp3) is 0.565. The fourth-order valence-corrected chi connectivity index (χ4v) is 4.16. The summed E-state index contributed by atoms with van der Waals surface area (Å²) in [5.41, 5.74) is 6.18. The SMILES string of the molecule is CCC1(Cc2cn(CCCCCCCCCc3ccnc(N)c3)nn2)C(=O)NC(=O)NC1=O. The van der Waals surface area contributed by atoms with Crippen LogP contribution in [0.5, 0.6) is 0 Å². The fourth-order valence-electron chi connectivity index (χ4n) is 4.16. The Morgan fingerprint density at radius 3 is 2.33 bits per heavy atom. The number of amides is 4. The van der Waals surface area contributed by atoms with Crippen LogP contribution in [0.2, 0.25) is 0 Å². The summed E-state index contributed by atoms with van der Waals surface area (Å²) in [6, 6.07) is 3.18. The summed E-state index contributed by atoms with van der Waals surface area (Å²) in [5.74, 6) is -0.588. The molecule has 1 fully saturated rings. The summed E-state index contributed by atoms with van der Waals surface area (Å²) in [7, 11) is 0. The first-order valence-corrected chi connectivity index (χ1v) is 11.7. The van der Waals surface area contributed by atoms with E-state index < -0.39 is 23.3 Å². The van der Waals surface area contributed by atoms with E-state index in [2.05, 4.69) is 25.9 Å². The van der Waals surface area contributed by atoms with Crippen LogP contribution >= 0.6 is 0 Å². The maximum absolute atomic E-state index is 12.3. The predicted molar refractivity (Wildman–Crippen MR) is 123 cm³/mol. The summed E-state index contributed by atoms with van der Waals surface area (Å²) < 4.78 is 1.75. The van der Waals surface area contributed by atoms with Gasteiger partial charge in [-0.25, -0.2) is 9.78 Å². The lowest BCUT2D eigenvalue weighted by molar-refractivity contribution is -0.144. The number of barbiturate groups is 1. The third-order valence-corrected chi connectivity index (χ3v) is 6.19. The zero-order valence-electron chi connectivity index (χ0n) is 19.2. The van der Waals surface area contributed by atoms with Gasteiger partial charge in [-0.15, -0.1) is 5.10 Å². The highest BCUT2D eigenvalue weighted by molar-refractivity contribution is 6.19. The van der Waals surface area contributed by atoms with Gasteiger partial charge in [0.15, 0.2) is 0 Å². The van der Waals surface area contributed by atoms with Crippen molar-refractivity contribution < 1.29 is 14.4 Å². The van der Waals surface area contributed by atoms with Gasteiger partial charge in [-0.05, 0) is 43.4 Å². The quantitative estimate of drug-likeness (QED) is 0.311. The number of nitrogens with two attached hydrogens (primary N) is 1. The second-order valence-electron chi connectivity index (χ2n) is 8.64. The summed E-state index contributed by atoms with van der Waals surface area (Å²) in [4.78, 5) is 40.1. The largest absolute Gasteiger partial charge is 0.384 e. The molecule has 3 rings (SSSR count). The lowest BCUT2D eigenvalue weighted by Gasteiger charge is -2.32. The van der Waals surface area contributed by atoms with Crippen molar-refractivity contribution in [1.82, 2.24) is 30.6 Å². The van der Waals surface area contributed by atoms with Gasteiger partial charge in [0.05, 0.1) is 5.69 Å². The minimum atomic E-state index is -1.33. The number of nitrogens with one attached hydrogen (secondary N) is 2. The van der Waals surface area contributed by atoms with E-state index in [1.54, 1.807) is 24.0 Å². The second kappa shape index (κ2) is 11.5. The standard InChI is InChI=1S/C23H33N7O3/c1-2-23(20(31)26-22(33)27-21(23)32)15-18-16-30(29-28-18)13-9-7-5-3-4-6-8-10-17-11-12-25-19(24)14-17/h11-12,14,16H,2-10,13,15H2,1H3,(H2,24,25)(H2,26,27,31,32,33). The molecule has 0 aromatic carbocycles. The first-order chi connectivity index (χ1) is 15.9. The molecule has 1 aliphatic rings. The minimum Gasteiger partial charge on any atom is -0.384 e. The number of carbonyl (C=O) groups excluding carboxylic acids is 3. The van der Waals surface area contributed by atoms with Gasteiger partial charge < -0.3 is 5.73 Å². The molecule has 0 unspecified atom stereocenters. The van der Waals surface area contributed by atoms with Crippen LogP contribution in [-0.2, 0) is 29.0 Å². The van der Waals surface area contributed by atoms with Crippen LogP contribution in [0.3, 0.4) is 0 Å². The Labute approximate surface area is 193 Å². The van der Waals surface area contributed by atoms with E-state index in [4.69, 9.17) is 5.73 Å². The number of rotatable bonds is 13. The van der Waals surface area contributed by atoms with E-state index in [1.165, 1.54) is 31.2 Å². The molecule has 1 aliphatic heterocycles. The average Bonchev–Trinajstić information content (AvgIpc) is 3.22. The van der Waals surface area contributed by atoms with E-state index in [1.807, 2.05) is 12.1 Å². The molecule has 2 aromatic heterocycles. The zero-order valence-corrected chi connectivity index (χ0v) is 19.2. The second-order valence-corrected chi connectivity index (χ2v) is 8.64. The number of hydrogen-bond donors (Lipinski definition) is 3. The van der Waals surface area contributed by atoms with E-state index in [-0.39, 0.29) is 12.8 Å². The molecule has 0 spiro atoms. The Morgan fingerprint density at radius 2 is 1.67 bits per heavy atom. The lowest BCUT2D eigenvalue weighted by Crippen LogP contribution is -2.63. The third kappa shape index (κ3) is 6.59. The van der Waals surface area contributed by atoms with Crippen molar-refractivity contribution in [3.8, 4) is 0 Å². The maximum Gasteiger partial charge on any atom is 0.328 e. The van der Waals surface area contributed by atoms with Crippen LogP contribution in [0.4, 0.5) is 10.6 Å². The zero-order chi connectivity index (χ0) is 23.7. The molecule has 10 heteroatoms. The average molecular weight is 456 g/mol. The number of hydrogen-bond acceptors (Lipinski definition) is 7. The van der Waals surface area contributed by atoms with Crippen molar-refractivity contribution >= 4 is 23.7 Å². The van der Waals surface area contributed by atoms with Gasteiger partial charge in [0, 0.05) is 25.4 Å². The highest BCUT2D eigenvalue weighted by Gasteiger charge is 2.49. The van der Waals surface area contributed by atoms with Gasteiger partial charge in [-0.3, -0.25) is 24.9 Å². The molecule has 4 N–H and O–H groups in total. The molecule has 0 saturated carbocycles. The summed E-state index contributed by atoms with van der Waals surface area (Å²) in [5, 5.41) is 12.6. The predicted octanol–water partition coefficient (Wildman–Crippen LogP) is 2.53. The Bertz CT molecular complexity index is 952. The lowest BCUT2D eigenvalue weighted by atomic mass is 9.78. The number of nitrogens with zero attached hydrogens (tertiary/aromatic N) is 4. The van der Waals surface area contributed by atoms with Gasteiger partial charge in [0.1, 0.15) is 11.2 Å². The number of pyridine rings is 1. The van der Waals surface area contributed by atoms with Gasteiger partial charge in [-0.2, -0.15) is 0 Å².